The third-order valence-corrected chi connectivity index (χ3v) is 4.55. The number of carbonyl (C=O) groups excluding carboxylic acids is 1. The van der Waals surface area contributed by atoms with Gasteiger partial charge in [0.15, 0.2) is 11.6 Å². The Labute approximate surface area is 140 Å². The number of nitrogens with zero attached hydrogens (tertiary/aromatic N) is 2. The lowest BCUT2D eigenvalue weighted by molar-refractivity contribution is 0.104. The molecule has 2 heterocycles. The van der Waals surface area contributed by atoms with Gasteiger partial charge in [0.05, 0.1) is 6.10 Å². The van der Waals surface area contributed by atoms with E-state index in [4.69, 9.17) is 4.74 Å². The summed E-state index contributed by atoms with van der Waals surface area (Å²) in [5.74, 6) is -1.65. The van der Waals surface area contributed by atoms with E-state index in [9.17, 15) is 13.6 Å². The Morgan fingerprint density at radius 1 is 1.21 bits per heavy atom. The van der Waals surface area contributed by atoms with Crippen LogP contribution >= 0.6 is 0 Å². The Balaban J connectivity index is 1.41. The number of hydrogen-bond donors (Lipinski definition) is 1. The minimum Gasteiger partial charge on any atom is -0.376 e. The summed E-state index contributed by atoms with van der Waals surface area (Å²) in [5, 5.41) is 2.92. The van der Waals surface area contributed by atoms with Crippen molar-refractivity contribution in [3.63, 3.8) is 0 Å². The van der Waals surface area contributed by atoms with Crippen LogP contribution in [0.15, 0.2) is 18.2 Å². The first-order valence-electron chi connectivity index (χ1n) is 8.42. The highest BCUT2D eigenvalue weighted by atomic mass is 19.2. The molecule has 2 aliphatic heterocycles. The Bertz CT molecular complexity index is 571. The lowest BCUT2D eigenvalue weighted by Gasteiger charge is -2.34. The van der Waals surface area contributed by atoms with E-state index in [0.29, 0.717) is 39.3 Å². The number of amides is 2. The van der Waals surface area contributed by atoms with Crippen LogP contribution in [0.1, 0.15) is 18.4 Å². The van der Waals surface area contributed by atoms with Crippen molar-refractivity contribution in [2.24, 2.45) is 0 Å². The van der Waals surface area contributed by atoms with Crippen LogP contribution in [0.5, 0.6) is 0 Å². The van der Waals surface area contributed by atoms with Crippen LogP contribution in [-0.2, 0) is 11.3 Å². The third-order valence-electron chi connectivity index (χ3n) is 4.55. The molecule has 2 amide bonds. The van der Waals surface area contributed by atoms with Crippen molar-refractivity contribution in [3.05, 3.63) is 35.4 Å². The average Bonchev–Trinajstić information content (AvgIpc) is 3.10. The first-order valence-corrected chi connectivity index (χ1v) is 8.42. The van der Waals surface area contributed by atoms with Gasteiger partial charge in [-0.2, -0.15) is 0 Å². The zero-order chi connectivity index (χ0) is 16.9. The van der Waals surface area contributed by atoms with Crippen molar-refractivity contribution in [3.8, 4) is 0 Å². The smallest absolute Gasteiger partial charge is 0.317 e. The topological polar surface area (TPSA) is 44.8 Å². The fourth-order valence-corrected chi connectivity index (χ4v) is 3.12. The molecule has 1 aromatic carbocycles. The van der Waals surface area contributed by atoms with E-state index in [1.54, 1.807) is 11.0 Å². The van der Waals surface area contributed by atoms with Crippen LogP contribution in [0.2, 0.25) is 0 Å². The monoisotopic (exact) mass is 339 g/mol. The largest absolute Gasteiger partial charge is 0.376 e. The summed E-state index contributed by atoms with van der Waals surface area (Å²) in [5.41, 5.74) is 0.741. The zero-order valence-corrected chi connectivity index (χ0v) is 13.6. The summed E-state index contributed by atoms with van der Waals surface area (Å²) in [6.45, 7) is 4.58. The van der Waals surface area contributed by atoms with Gasteiger partial charge in [-0.05, 0) is 30.5 Å². The Hall–Kier alpha value is -1.73. The molecule has 2 aliphatic rings. The molecule has 0 radical (unpaired) electrons. The molecule has 2 saturated heterocycles. The molecule has 2 fully saturated rings. The van der Waals surface area contributed by atoms with Gasteiger partial charge >= 0.3 is 6.03 Å². The summed E-state index contributed by atoms with van der Waals surface area (Å²) < 4.78 is 31.7. The first-order chi connectivity index (χ1) is 11.6. The van der Waals surface area contributed by atoms with Crippen LogP contribution in [0.25, 0.3) is 0 Å². The number of urea groups is 1. The molecule has 1 N–H and O–H groups in total. The van der Waals surface area contributed by atoms with Crippen molar-refractivity contribution < 1.29 is 18.3 Å². The molecule has 0 aliphatic carbocycles. The standard InChI is InChI=1S/C17H23F2N3O2/c18-15-4-3-13(10-16(15)19)12-21-5-7-22(8-6-21)17(23)20-11-14-2-1-9-24-14/h3-4,10,14H,1-2,5-9,11-12H2,(H,20,23)/t14-/m1/s1. The van der Waals surface area contributed by atoms with Gasteiger partial charge in [-0.1, -0.05) is 6.07 Å². The average molecular weight is 339 g/mol. The van der Waals surface area contributed by atoms with Gasteiger partial charge in [-0.15, -0.1) is 0 Å². The summed E-state index contributed by atoms with van der Waals surface area (Å²) in [7, 11) is 0. The lowest BCUT2D eigenvalue weighted by Crippen LogP contribution is -2.52. The second kappa shape index (κ2) is 7.90. The number of rotatable bonds is 4. The molecule has 5 nitrogen and oxygen atoms in total. The van der Waals surface area contributed by atoms with Crippen molar-refractivity contribution in [2.75, 3.05) is 39.3 Å². The summed E-state index contributed by atoms with van der Waals surface area (Å²) >= 11 is 0. The van der Waals surface area contributed by atoms with Gasteiger partial charge in [0.1, 0.15) is 0 Å². The maximum atomic E-state index is 13.2. The van der Waals surface area contributed by atoms with E-state index in [1.165, 1.54) is 6.07 Å². The highest BCUT2D eigenvalue weighted by molar-refractivity contribution is 5.74. The third kappa shape index (κ3) is 4.42. The minimum atomic E-state index is -0.827. The van der Waals surface area contributed by atoms with Crippen LogP contribution in [0.3, 0.4) is 0 Å². The van der Waals surface area contributed by atoms with Crippen molar-refractivity contribution in [2.45, 2.75) is 25.5 Å². The number of halogens is 2. The van der Waals surface area contributed by atoms with E-state index in [2.05, 4.69) is 10.2 Å². The van der Waals surface area contributed by atoms with Gasteiger partial charge in [-0.25, -0.2) is 13.6 Å². The Morgan fingerprint density at radius 3 is 2.67 bits per heavy atom. The fraction of sp³-hybridized carbons (Fsp3) is 0.588. The van der Waals surface area contributed by atoms with Crippen molar-refractivity contribution in [1.82, 2.24) is 15.1 Å². The minimum absolute atomic E-state index is 0.0574. The molecule has 1 atom stereocenters. The number of carbonyl (C=O) groups is 1. The van der Waals surface area contributed by atoms with Gasteiger partial charge in [0, 0.05) is 45.9 Å². The van der Waals surface area contributed by atoms with E-state index < -0.39 is 11.6 Å². The van der Waals surface area contributed by atoms with Gasteiger partial charge in [0.25, 0.3) is 0 Å². The van der Waals surface area contributed by atoms with Crippen LogP contribution in [0, 0.1) is 11.6 Å². The molecular formula is C17H23F2N3O2. The zero-order valence-electron chi connectivity index (χ0n) is 13.6. The first kappa shape index (κ1) is 17.1. The van der Waals surface area contributed by atoms with Gasteiger partial charge in [0.2, 0.25) is 0 Å². The number of benzene rings is 1. The molecule has 24 heavy (non-hydrogen) atoms. The highest BCUT2D eigenvalue weighted by Crippen LogP contribution is 2.13. The Morgan fingerprint density at radius 2 is 2.00 bits per heavy atom. The second-order valence-electron chi connectivity index (χ2n) is 6.33. The summed E-state index contributed by atoms with van der Waals surface area (Å²) in [6.07, 6.45) is 2.20. The molecule has 7 heteroatoms. The van der Waals surface area contributed by atoms with Gasteiger partial charge < -0.3 is 15.0 Å². The number of ether oxygens (including phenoxy) is 1. The van der Waals surface area contributed by atoms with Gasteiger partial charge in [-0.3, -0.25) is 4.90 Å². The predicted molar refractivity (Wildman–Crippen MR) is 85.6 cm³/mol. The fourth-order valence-electron chi connectivity index (χ4n) is 3.12. The molecule has 0 aromatic heterocycles. The van der Waals surface area contributed by atoms with Crippen molar-refractivity contribution in [1.29, 1.82) is 0 Å². The van der Waals surface area contributed by atoms with Crippen molar-refractivity contribution >= 4 is 6.03 Å². The molecule has 132 valence electrons. The number of piperazine rings is 1. The van der Waals surface area contributed by atoms with Crippen LogP contribution in [-0.4, -0.2) is 61.3 Å². The normalized spacial score (nSPS) is 21.9. The second-order valence-corrected chi connectivity index (χ2v) is 6.33. The summed E-state index contributed by atoms with van der Waals surface area (Å²) in [4.78, 5) is 16.1. The highest BCUT2D eigenvalue weighted by Gasteiger charge is 2.23. The number of nitrogens with one attached hydrogen (secondary N) is 1. The van der Waals surface area contributed by atoms with E-state index in [-0.39, 0.29) is 12.1 Å². The lowest BCUT2D eigenvalue weighted by atomic mass is 10.2. The molecular weight excluding hydrogens is 316 g/mol. The number of hydrogen-bond acceptors (Lipinski definition) is 3. The maximum Gasteiger partial charge on any atom is 0.317 e. The molecule has 0 saturated carbocycles. The predicted octanol–water partition coefficient (Wildman–Crippen LogP) is 1.97. The van der Waals surface area contributed by atoms with Crippen LogP contribution in [0.4, 0.5) is 13.6 Å². The van der Waals surface area contributed by atoms with E-state index in [0.717, 1.165) is 31.1 Å². The molecule has 0 bridgehead atoms. The van der Waals surface area contributed by atoms with Crippen LogP contribution < -0.4 is 5.32 Å². The molecule has 3 rings (SSSR count). The van der Waals surface area contributed by atoms with E-state index >= 15 is 0 Å². The van der Waals surface area contributed by atoms with E-state index in [1.807, 2.05) is 0 Å². The Kier molecular flexibility index (Phi) is 5.63. The molecule has 1 aromatic rings. The summed E-state index contributed by atoms with van der Waals surface area (Å²) in [6, 6.07) is 3.92. The molecule has 0 unspecified atom stereocenters. The SMILES string of the molecule is O=C(NC[C@H]1CCCO1)N1CCN(Cc2ccc(F)c(F)c2)CC1. The maximum absolute atomic E-state index is 13.2. The quantitative estimate of drug-likeness (QED) is 0.912. The molecule has 0 spiro atoms.